The molecule has 0 fully saturated rings. The van der Waals surface area contributed by atoms with Crippen molar-refractivity contribution < 1.29 is 14.3 Å². The molecule has 0 saturated carbocycles. The van der Waals surface area contributed by atoms with Gasteiger partial charge in [-0.05, 0) is 36.2 Å². The zero-order valence-electron chi connectivity index (χ0n) is 9.85. The Kier molecular flexibility index (Phi) is 3.48. The fourth-order valence-corrected chi connectivity index (χ4v) is 1.77. The molecule has 0 amide bonds. The SMILES string of the molecule is Cc1cc(-c2cc(CO)ccc2F)c(C=O)cn1. The minimum Gasteiger partial charge on any atom is -0.392 e. The second-order valence-corrected chi connectivity index (χ2v) is 4.00. The highest BCUT2D eigenvalue weighted by atomic mass is 19.1. The molecule has 92 valence electrons. The third kappa shape index (κ3) is 2.28. The summed E-state index contributed by atoms with van der Waals surface area (Å²) in [7, 11) is 0. The van der Waals surface area contributed by atoms with Gasteiger partial charge < -0.3 is 5.11 Å². The Labute approximate surface area is 104 Å². The molecule has 0 radical (unpaired) electrons. The number of rotatable bonds is 3. The molecule has 0 aliphatic rings. The number of halogens is 1. The molecule has 1 aromatic carbocycles. The lowest BCUT2D eigenvalue weighted by atomic mass is 9.99. The van der Waals surface area contributed by atoms with Crippen molar-refractivity contribution in [2.75, 3.05) is 0 Å². The number of aryl methyl sites for hydroxylation is 1. The lowest BCUT2D eigenvalue weighted by Crippen LogP contribution is -1.95. The fraction of sp³-hybridized carbons (Fsp3) is 0.143. The molecule has 1 aromatic heterocycles. The average molecular weight is 245 g/mol. The van der Waals surface area contributed by atoms with Gasteiger partial charge in [-0.3, -0.25) is 9.78 Å². The topological polar surface area (TPSA) is 50.2 Å². The molecule has 0 aliphatic carbocycles. The van der Waals surface area contributed by atoms with Crippen LogP contribution in [0.3, 0.4) is 0 Å². The van der Waals surface area contributed by atoms with Crippen LogP contribution in [0.15, 0.2) is 30.5 Å². The molecule has 0 aliphatic heterocycles. The van der Waals surface area contributed by atoms with E-state index in [-0.39, 0.29) is 6.61 Å². The van der Waals surface area contributed by atoms with Gasteiger partial charge >= 0.3 is 0 Å². The molecule has 0 atom stereocenters. The molecule has 0 bridgehead atoms. The van der Waals surface area contributed by atoms with Crippen LogP contribution in [0.4, 0.5) is 4.39 Å². The maximum Gasteiger partial charge on any atom is 0.152 e. The van der Waals surface area contributed by atoms with E-state index in [1.54, 1.807) is 13.0 Å². The van der Waals surface area contributed by atoms with Crippen LogP contribution in [0.1, 0.15) is 21.6 Å². The lowest BCUT2D eigenvalue weighted by Gasteiger charge is -2.08. The maximum absolute atomic E-state index is 13.8. The summed E-state index contributed by atoms with van der Waals surface area (Å²) < 4.78 is 13.8. The van der Waals surface area contributed by atoms with Gasteiger partial charge in [0.1, 0.15) is 5.82 Å². The molecule has 2 rings (SSSR count). The van der Waals surface area contributed by atoms with Crippen molar-refractivity contribution in [3.05, 3.63) is 53.1 Å². The third-order valence-corrected chi connectivity index (χ3v) is 2.70. The summed E-state index contributed by atoms with van der Waals surface area (Å²) >= 11 is 0. The standard InChI is InChI=1S/C14H12FNO2/c1-9-4-12(11(8-18)6-16-9)13-5-10(7-17)2-3-14(13)15/h2-6,8,17H,7H2,1H3. The molecule has 0 spiro atoms. The van der Waals surface area contributed by atoms with Crippen molar-refractivity contribution in [1.82, 2.24) is 4.98 Å². The van der Waals surface area contributed by atoms with Gasteiger partial charge in [0.15, 0.2) is 6.29 Å². The molecule has 18 heavy (non-hydrogen) atoms. The number of nitrogens with zero attached hydrogens (tertiary/aromatic N) is 1. The smallest absolute Gasteiger partial charge is 0.152 e. The number of benzene rings is 1. The summed E-state index contributed by atoms with van der Waals surface area (Å²) in [4.78, 5) is 15.0. The van der Waals surface area contributed by atoms with E-state index >= 15 is 0 Å². The molecule has 2 aromatic rings. The minimum absolute atomic E-state index is 0.173. The highest BCUT2D eigenvalue weighted by Crippen LogP contribution is 2.27. The number of hydrogen-bond acceptors (Lipinski definition) is 3. The van der Waals surface area contributed by atoms with Gasteiger partial charge in [0, 0.05) is 23.0 Å². The van der Waals surface area contributed by atoms with Crippen LogP contribution in [-0.4, -0.2) is 16.4 Å². The van der Waals surface area contributed by atoms with E-state index in [9.17, 15) is 9.18 Å². The van der Waals surface area contributed by atoms with E-state index in [1.165, 1.54) is 24.4 Å². The van der Waals surface area contributed by atoms with Crippen LogP contribution >= 0.6 is 0 Å². The molecule has 4 heteroatoms. The summed E-state index contributed by atoms with van der Waals surface area (Å²) in [6.45, 7) is 1.60. The molecule has 0 unspecified atom stereocenters. The number of aliphatic hydroxyl groups excluding tert-OH is 1. The normalized spacial score (nSPS) is 10.4. The second kappa shape index (κ2) is 5.06. The molecule has 0 saturated heterocycles. The van der Waals surface area contributed by atoms with Gasteiger partial charge in [-0.15, -0.1) is 0 Å². The summed E-state index contributed by atoms with van der Waals surface area (Å²) in [6.07, 6.45) is 2.07. The first-order chi connectivity index (χ1) is 8.65. The van der Waals surface area contributed by atoms with Gasteiger partial charge in [-0.2, -0.15) is 0 Å². The third-order valence-electron chi connectivity index (χ3n) is 2.70. The van der Waals surface area contributed by atoms with Crippen molar-refractivity contribution in [2.24, 2.45) is 0 Å². The van der Waals surface area contributed by atoms with E-state index in [4.69, 9.17) is 5.11 Å². The van der Waals surface area contributed by atoms with Gasteiger partial charge in [-0.25, -0.2) is 4.39 Å². The van der Waals surface area contributed by atoms with Crippen molar-refractivity contribution in [3.63, 3.8) is 0 Å². The zero-order chi connectivity index (χ0) is 13.1. The number of aliphatic hydroxyl groups is 1. The predicted molar refractivity (Wildman–Crippen MR) is 65.7 cm³/mol. The number of carbonyl (C=O) groups is 1. The molecule has 3 nitrogen and oxygen atoms in total. The van der Waals surface area contributed by atoms with Crippen LogP contribution < -0.4 is 0 Å². The lowest BCUT2D eigenvalue weighted by molar-refractivity contribution is 0.112. The van der Waals surface area contributed by atoms with Gasteiger partial charge in [0.05, 0.1) is 6.61 Å². The first-order valence-corrected chi connectivity index (χ1v) is 5.47. The van der Waals surface area contributed by atoms with Gasteiger partial charge in [-0.1, -0.05) is 6.07 Å². The van der Waals surface area contributed by atoms with Crippen molar-refractivity contribution >= 4 is 6.29 Å². The zero-order valence-corrected chi connectivity index (χ0v) is 9.85. The Balaban J connectivity index is 2.67. The highest BCUT2D eigenvalue weighted by molar-refractivity contribution is 5.87. The van der Waals surface area contributed by atoms with Crippen LogP contribution in [0.5, 0.6) is 0 Å². The quantitative estimate of drug-likeness (QED) is 0.845. The molecular formula is C14H12FNO2. The van der Waals surface area contributed by atoms with Gasteiger partial charge in [0.2, 0.25) is 0 Å². The Morgan fingerprint density at radius 2 is 2.11 bits per heavy atom. The van der Waals surface area contributed by atoms with E-state index in [1.807, 2.05) is 0 Å². The summed E-state index contributed by atoms with van der Waals surface area (Å²) in [5, 5.41) is 9.08. The molecular weight excluding hydrogens is 233 g/mol. The Bertz CT molecular complexity index is 596. The number of aldehydes is 1. The largest absolute Gasteiger partial charge is 0.392 e. The highest BCUT2D eigenvalue weighted by Gasteiger charge is 2.11. The van der Waals surface area contributed by atoms with Crippen LogP contribution in [0.25, 0.3) is 11.1 Å². The first-order valence-electron chi connectivity index (χ1n) is 5.47. The van der Waals surface area contributed by atoms with E-state index in [0.717, 1.165) is 0 Å². The number of pyridine rings is 1. The number of hydrogen-bond donors (Lipinski definition) is 1. The van der Waals surface area contributed by atoms with Crippen LogP contribution in [0.2, 0.25) is 0 Å². The van der Waals surface area contributed by atoms with E-state index < -0.39 is 5.82 Å². The number of carbonyl (C=O) groups excluding carboxylic acids is 1. The van der Waals surface area contributed by atoms with Gasteiger partial charge in [0.25, 0.3) is 0 Å². The fourth-order valence-electron chi connectivity index (χ4n) is 1.77. The van der Waals surface area contributed by atoms with Crippen molar-refractivity contribution in [3.8, 4) is 11.1 Å². The Morgan fingerprint density at radius 3 is 2.78 bits per heavy atom. The summed E-state index contributed by atoms with van der Waals surface area (Å²) in [5.74, 6) is -0.430. The van der Waals surface area contributed by atoms with E-state index in [0.29, 0.717) is 34.2 Å². The average Bonchev–Trinajstić information content (AvgIpc) is 2.39. The second-order valence-electron chi connectivity index (χ2n) is 4.00. The predicted octanol–water partition coefficient (Wildman–Crippen LogP) is 2.50. The van der Waals surface area contributed by atoms with Crippen LogP contribution in [0, 0.1) is 12.7 Å². The molecule has 1 N–H and O–H groups in total. The molecule has 1 heterocycles. The maximum atomic E-state index is 13.8. The first kappa shape index (κ1) is 12.4. The van der Waals surface area contributed by atoms with Crippen molar-refractivity contribution in [2.45, 2.75) is 13.5 Å². The van der Waals surface area contributed by atoms with Crippen molar-refractivity contribution in [1.29, 1.82) is 0 Å². The van der Waals surface area contributed by atoms with Crippen LogP contribution in [-0.2, 0) is 6.61 Å². The monoisotopic (exact) mass is 245 g/mol. The minimum atomic E-state index is -0.430. The Hall–Kier alpha value is -2.07. The Morgan fingerprint density at radius 1 is 1.33 bits per heavy atom. The summed E-state index contributed by atoms with van der Waals surface area (Å²) in [5.41, 5.74) is 2.41. The number of aromatic nitrogens is 1. The van der Waals surface area contributed by atoms with E-state index in [2.05, 4.69) is 4.98 Å². The summed E-state index contributed by atoms with van der Waals surface area (Å²) in [6, 6.07) is 5.99.